The van der Waals surface area contributed by atoms with Crippen molar-refractivity contribution in [2.45, 2.75) is 32.4 Å². The van der Waals surface area contributed by atoms with Crippen molar-refractivity contribution in [2.24, 2.45) is 0 Å². The molecule has 1 aromatic rings. The average Bonchev–Trinajstić information content (AvgIpc) is 2.36. The lowest BCUT2D eigenvalue weighted by Crippen LogP contribution is -2.47. The minimum absolute atomic E-state index is 0.0769. The Kier molecular flexibility index (Phi) is 4.09. The number of hydrogen-bond acceptors (Lipinski definition) is 3. The van der Waals surface area contributed by atoms with E-state index in [1.807, 2.05) is 30.2 Å². The van der Waals surface area contributed by atoms with Gasteiger partial charge in [0.05, 0.1) is 6.04 Å². The van der Waals surface area contributed by atoms with Gasteiger partial charge in [0, 0.05) is 25.5 Å². The third-order valence-electron chi connectivity index (χ3n) is 3.08. The molecule has 0 aromatic carbocycles. The van der Waals surface area contributed by atoms with Crippen LogP contribution in [0, 0.1) is 0 Å². The fourth-order valence-corrected chi connectivity index (χ4v) is 2.09. The molecule has 1 aromatic heterocycles. The summed E-state index contributed by atoms with van der Waals surface area (Å²) in [6, 6.07) is 3.84. The molecule has 0 bridgehead atoms. The molecule has 1 aliphatic rings. The lowest BCUT2D eigenvalue weighted by atomic mass is 10.1. The van der Waals surface area contributed by atoms with E-state index in [0.717, 1.165) is 31.5 Å². The van der Waals surface area contributed by atoms with Gasteiger partial charge in [-0.25, -0.2) is 0 Å². The Morgan fingerprint density at radius 2 is 2.41 bits per heavy atom. The number of carbonyl (C=O) groups is 1. The monoisotopic (exact) mass is 233 g/mol. The Morgan fingerprint density at radius 3 is 3.18 bits per heavy atom. The molecular weight excluding hydrogens is 214 g/mol. The van der Waals surface area contributed by atoms with Gasteiger partial charge in [0.2, 0.25) is 5.91 Å². The standard InChI is InChI=1S/C13H19N3O/c1-11-13(17)16(8-3-2-7-15-11)10-12-5-4-6-14-9-12/h4-6,9,11,15H,2-3,7-8,10H2,1H3. The van der Waals surface area contributed by atoms with E-state index in [1.165, 1.54) is 0 Å². The number of carbonyl (C=O) groups excluding carboxylic acids is 1. The van der Waals surface area contributed by atoms with Crippen LogP contribution in [0.25, 0.3) is 0 Å². The van der Waals surface area contributed by atoms with Crippen LogP contribution in [-0.2, 0) is 11.3 Å². The second-order valence-corrected chi connectivity index (χ2v) is 4.50. The maximum atomic E-state index is 12.1. The first kappa shape index (κ1) is 12.0. The molecule has 92 valence electrons. The summed E-state index contributed by atoms with van der Waals surface area (Å²) >= 11 is 0. The Morgan fingerprint density at radius 1 is 1.53 bits per heavy atom. The summed E-state index contributed by atoms with van der Waals surface area (Å²) in [6.07, 6.45) is 5.76. The van der Waals surface area contributed by atoms with Gasteiger partial charge < -0.3 is 10.2 Å². The molecule has 2 heterocycles. The Bertz CT molecular complexity index is 366. The van der Waals surface area contributed by atoms with Crippen LogP contribution in [0.4, 0.5) is 0 Å². The first-order chi connectivity index (χ1) is 8.27. The first-order valence-corrected chi connectivity index (χ1v) is 6.18. The van der Waals surface area contributed by atoms with Gasteiger partial charge in [-0.1, -0.05) is 6.07 Å². The molecule has 1 unspecified atom stereocenters. The molecule has 0 aliphatic carbocycles. The minimum atomic E-state index is -0.0769. The molecule has 0 saturated carbocycles. The highest BCUT2D eigenvalue weighted by molar-refractivity contribution is 5.81. The van der Waals surface area contributed by atoms with Crippen molar-refractivity contribution in [2.75, 3.05) is 13.1 Å². The topological polar surface area (TPSA) is 45.2 Å². The van der Waals surface area contributed by atoms with Crippen LogP contribution >= 0.6 is 0 Å². The molecule has 1 amide bonds. The lowest BCUT2D eigenvalue weighted by molar-refractivity contribution is -0.134. The van der Waals surface area contributed by atoms with E-state index in [9.17, 15) is 4.79 Å². The van der Waals surface area contributed by atoms with Crippen LogP contribution in [0.2, 0.25) is 0 Å². The van der Waals surface area contributed by atoms with Crippen LogP contribution in [0.15, 0.2) is 24.5 Å². The normalized spacial score (nSPS) is 22.1. The number of nitrogens with one attached hydrogen (secondary N) is 1. The quantitative estimate of drug-likeness (QED) is 0.834. The number of aromatic nitrogens is 1. The predicted octanol–water partition coefficient (Wildman–Crippen LogP) is 1.18. The summed E-state index contributed by atoms with van der Waals surface area (Å²) in [4.78, 5) is 18.2. The molecular formula is C13H19N3O. The lowest BCUT2D eigenvalue weighted by Gasteiger charge is -2.28. The highest BCUT2D eigenvalue weighted by Crippen LogP contribution is 2.09. The number of pyridine rings is 1. The SMILES string of the molecule is CC1NCCCCN(Cc2cccnc2)C1=O. The molecule has 1 N–H and O–H groups in total. The average molecular weight is 233 g/mol. The predicted molar refractivity (Wildman–Crippen MR) is 66.4 cm³/mol. The number of hydrogen-bond donors (Lipinski definition) is 1. The fraction of sp³-hybridized carbons (Fsp3) is 0.538. The molecule has 0 spiro atoms. The minimum Gasteiger partial charge on any atom is -0.337 e. The van der Waals surface area contributed by atoms with Crippen molar-refractivity contribution in [3.05, 3.63) is 30.1 Å². The van der Waals surface area contributed by atoms with Gasteiger partial charge in [0.15, 0.2) is 0 Å². The van der Waals surface area contributed by atoms with Crippen molar-refractivity contribution in [1.29, 1.82) is 0 Å². The smallest absolute Gasteiger partial charge is 0.239 e. The molecule has 1 fully saturated rings. The van der Waals surface area contributed by atoms with Crippen molar-refractivity contribution >= 4 is 5.91 Å². The number of amides is 1. The Labute approximate surface area is 102 Å². The van der Waals surface area contributed by atoms with Gasteiger partial charge >= 0.3 is 0 Å². The molecule has 4 heteroatoms. The summed E-state index contributed by atoms with van der Waals surface area (Å²) in [5.41, 5.74) is 1.09. The molecule has 1 aliphatic heterocycles. The highest BCUT2D eigenvalue weighted by Gasteiger charge is 2.21. The Balaban J connectivity index is 2.04. The first-order valence-electron chi connectivity index (χ1n) is 6.18. The molecule has 4 nitrogen and oxygen atoms in total. The zero-order chi connectivity index (χ0) is 12.1. The summed E-state index contributed by atoms with van der Waals surface area (Å²) in [6.45, 7) is 4.38. The zero-order valence-corrected chi connectivity index (χ0v) is 10.2. The second-order valence-electron chi connectivity index (χ2n) is 4.50. The van der Waals surface area contributed by atoms with E-state index < -0.39 is 0 Å². The van der Waals surface area contributed by atoms with Crippen LogP contribution in [0.3, 0.4) is 0 Å². The van der Waals surface area contributed by atoms with Gasteiger partial charge in [-0.05, 0) is 37.9 Å². The Hall–Kier alpha value is -1.42. The van der Waals surface area contributed by atoms with Gasteiger partial charge in [0.1, 0.15) is 0 Å². The molecule has 0 radical (unpaired) electrons. The summed E-state index contributed by atoms with van der Waals surface area (Å²) in [5.74, 6) is 0.188. The molecule has 1 atom stereocenters. The third kappa shape index (κ3) is 3.27. The van der Waals surface area contributed by atoms with E-state index in [2.05, 4.69) is 10.3 Å². The maximum absolute atomic E-state index is 12.1. The maximum Gasteiger partial charge on any atom is 0.239 e. The van der Waals surface area contributed by atoms with Crippen LogP contribution in [-0.4, -0.2) is 34.9 Å². The van der Waals surface area contributed by atoms with E-state index in [4.69, 9.17) is 0 Å². The van der Waals surface area contributed by atoms with Gasteiger partial charge in [0.25, 0.3) is 0 Å². The van der Waals surface area contributed by atoms with Crippen molar-refractivity contribution in [3.63, 3.8) is 0 Å². The van der Waals surface area contributed by atoms with Gasteiger partial charge in [-0.3, -0.25) is 9.78 Å². The van der Waals surface area contributed by atoms with E-state index in [0.29, 0.717) is 6.54 Å². The highest BCUT2D eigenvalue weighted by atomic mass is 16.2. The summed E-state index contributed by atoms with van der Waals surface area (Å²) < 4.78 is 0. The van der Waals surface area contributed by atoms with Crippen molar-refractivity contribution in [3.8, 4) is 0 Å². The second kappa shape index (κ2) is 5.77. The van der Waals surface area contributed by atoms with Crippen LogP contribution < -0.4 is 5.32 Å². The van der Waals surface area contributed by atoms with E-state index >= 15 is 0 Å². The molecule has 17 heavy (non-hydrogen) atoms. The zero-order valence-electron chi connectivity index (χ0n) is 10.2. The van der Waals surface area contributed by atoms with Crippen LogP contribution in [0.1, 0.15) is 25.3 Å². The molecule has 2 rings (SSSR count). The summed E-state index contributed by atoms with van der Waals surface area (Å²) in [5, 5.41) is 3.24. The molecule has 1 saturated heterocycles. The van der Waals surface area contributed by atoms with E-state index in [-0.39, 0.29) is 11.9 Å². The van der Waals surface area contributed by atoms with E-state index in [1.54, 1.807) is 6.20 Å². The van der Waals surface area contributed by atoms with Gasteiger partial charge in [-0.15, -0.1) is 0 Å². The van der Waals surface area contributed by atoms with Crippen molar-refractivity contribution < 1.29 is 4.79 Å². The van der Waals surface area contributed by atoms with Crippen LogP contribution in [0.5, 0.6) is 0 Å². The summed E-state index contributed by atoms with van der Waals surface area (Å²) in [7, 11) is 0. The fourth-order valence-electron chi connectivity index (χ4n) is 2.09. The largest absolute Gasteiger partial charge is 0.337 e. The van der Waals surface area contributed by atoms with Crippen molar-refractivity contribution in [1.82, 2.24) is 15.2 Å². The number of nitrogens with zero attached hydrogens (tertiary/aromatic N) is 2. The third-order valence-corrected chi connectivity index (χ3v) is 3.08. The number of rotatable bonds is 2. The van der Waals surface area contributed by atoms with Gasteiger partial charge in [-0.2, -0.15) is 0 Å².